The molecule has 0 saturated carbocycles. The predicted molar refractivity (Wildman–Crippen MR) is 62.9 cm³/mol. The van der Waals surface area contributed by atoms with E-state index in [2.05, 4.69) is 5.32 Å². The van der Waals surface area contributed by atoms with E-state index < -0.39 is 12.0 Å². The summed E-state index contributed by atoms with van der Waals surface area (Å²) >= 11 is 15.9. The molecule has 0 atom stereocenters. The zero-order valence-electron chi connectivity index (χ0n) is 7.21. The minimum Gasteiger partial charge on any atom is -0.308 e. The Balaban J connectivity index is 2.59. The Morgan fingerprint density at radius 3 is 2.20 bits per heavy atom. The van der Waals surface area contributed by atoms with Gasteiger partial charge in [-0.3, -0.25) is 9.65 Å². The topological polar surface area (TPSA) is 58.2 Å². The van der Waals surface area contributed by atoms with Crippen LogP contribution >= 0.6 is 40.1 Å². The third kappa shape index (κ3) is 5.28. The highest BCUT2D eigenvalue weighted by atomic mass is 35.9. The number of amides is 2. The first-order valence-electron chi connectivity index (χ1n) is 3.71. The maximum atomic E-state index is 11.1. The molecule has 2 amide bonds. The molecule has 0 spiro atoms. The molecule has 82 valence electrons. The van der Waals surface area contributed by atoms with Crippen LogP contribution in [0, 0.1) is 0 Å². The van der Waals surface area contributed by atoms with E-state index >= 15 is 0 Å². The summed E-state index contributed by atoms with van der Waals surface area (Å²) in [5, 5.41) is 4.80. The van der Waals surface area contributed by atoms with Crippen LogP contribution in [0.25, 0.3) is 0 Å². The van der Waals surface area contributed by atoms with E-state index in [9.17, 15) is 9.36 Å². The molecule has 1 aromatic carbocycles. The van der Waals surface area contributed by atoms with Crippen molar-refractivity contribution in [2.45, 2.75) is 0 Å². The monoisotopic (exact) mass is 286 g/mol. The van der Waals surface area contributed by atoms with Crippen LogP contribution in [0.5, 0.6) is 0 Å². The van der Waals surface area contributed by atoms with Gasteiger partial charge in [0.2, 0.25) is 0 Å². The lowest BCUT2D eigenvalue weighted by Gasteiger charge is -2.07. The fraction of sp³-hybridized carbons (Fsp3) is 0. The third-order valence-electron chi connectivity index (χ3n) is 1.33. The number of anilines is 1. The van der Waals surface area contributed by atoms with Gasteiger partial charge < -0.3 is 5.32 Å². The molecule has 0 radical (unpaired) electrons. The van der Waals surface area contributed by atoms with E-state index in [1.807, 2.05) is 5.09 Å². The van der Waals surface area contributed by atoms with Gasteiger partial charge in [0, 0.05) is 10.7 Å². The molecule has 0 saturated heterocycles. The highest BCUT2D eigenvalue weighted by molar-refractivity contribution is 8.07. The number of halogens is 3. The molecule has 0 aliphatic heterocycles. The molecule has 0 heterocycles. The maximum absolute atomic E-state index is 11.1. The first kappa shape index (κ1) is 12.7. The largest absolute Gasteiger partial charge is 0.346 e. The molecule has 4 nitrogen and oxygen atoms in total. The summed E-state index contributed by atoms with van der Waals surface area (Å²) in [5.74, 6) is -3.61. The number of nitrogens with one attached hydrogen (secondary N) is 2. The molecule has 0 fully saturated rings. The highest BCUT2D eigenvalue weighted by Gasteiger charge is 2.16. The fourth-order valence-corrected chi connectivity index (χ4v) is 1.69. The van der Waals surface area contributed by atoms with Gasteiger partial charge in [-0.15, -0.1) is 0 Å². The van der Waals surface area contributed by atoms with Gasteiger partial charge in [0.15, 0.2) is 0 Å². The standard InChI is InChI=1S/C7H6Cl3N2O2P/c8-5-1-3-6(4-2-5)11-7(13)12-15(9,10)14/h1-4H,(H2,11,12,13,14). The average Bonchev–Trinajstić information content (AvgIpc) is 2.05. The molecule has 0 bridgehead atoms. The van der Waals surface area contributed by atoms with Crippen molar-refractivity contribution in [2.75, 3.05) is 5.32 Å². The van der Waals surface area contributed by atoms with Gasteiger partial charge in [0.05, 0.1) is 0 Å². The van der Waals surface area contributed by atoms with Crippen LogP contribution in [-0.2, 0) is 4.57 Å². The summed E-state index contributed by atoms with van der Waals surface area (Å²) in [6.07, 6.45) is 0. The van der Waals surface area contributed by atoms with Crippen molar-refractivity contribution in [3.05, 3.63) is 29.3 Å². The molecule has 0 aliphatic carbocycles. The maximum Gasteiger partial charge on any atom is 0.346 e. The molecule has 0 aliphatic rings. The minimum absolute atomic E-state index is 0.485. The molecule has 15 heavy (non-hydrogen) atoms. The number of carbonyl (C=O) groups excluding carboxylic acids is 1. The summed E-state index contributed by atoms with van der Waals surface area (Å²) in [6, 6.07) is 5.60. The second-order valence-corrected chi connectivity index (χ2v) is 7.50. The van der Waals surface area contributed by atoms with Crippen molar-refractivity contribution in [3.63, 3.8) is 0 Å². The van der Waals surface area contributed by atoms with E-state index in [1.165, 1.54) is 0 Å². The number of urea groups is 1. The zero-order chi connectivity index (χ0) is 11.5. The zero-order valence-corrected chi connectivity index (χ0v) is 10.4. The van der Waals surface area contributed by atoms with Crippen LogP contribution in [-0.4, -0.2) is 6.03 Å². The molecule has 2 N–H and O–H groups in total. The number of benzene rings is 1. The van der Waals surface area contributed by atoms with Crippen molar-refractivity contribution in [1.82, 2.24) is 5.09 Å². The Bertz CT molecular complexity index is 403. The van der Waals surface area contributed by atoms with E-state index in [1.54, 1.807) is 24.3 Å². The van der Waals surface area contributed by atoms with Crippen molar-refractivity contribution in [1.29, 1.82) is 0 Å². The van der Waals surface area contributed by atoms with E-state index in [-0.39, 0.29) is 0 Å². The Morgan fingerprint density at radius 1 is 1.20 bits per heavy atom. The minimum atomic E-state index is -3.61. The van der Waals surface area contributed by atoms with Crippen molar-refractivity contribution in [3.8, 4) is 0 Å². The van der Waals surface area contributed by atoms with E-state index in [4.69, 9.17) is 34.1 Å². The quantitative estimate of drug-likeness (QED) is 0.806. The van der Waals surface area contributed by atoms with Gasteiger partial charge in [0.25, 0.3) is 0 Å². The number of rotatable bonds is 2. The number of carbonyl (C=O) groups is 1. The second kappa shape index (κ2) is 5.08. The molecule has 1 aromatic rings. The molecule has 8 heteroatoms. The van der Waals surface area contributed by atoms with Gasteiger partial charge in [-0.1, -0.05) is 11.6 Å². The Morgan fingerprint density at radius 2 is 1.73 bits per heavy atom. The fourth-order valence-electron chi connectivity index (χ4n) is 0.810. The van der Waals surface area contributed by atoms with Gasteiger partial charge in [-0.05, 0) is 46.7 Å². The first-order valence-corrected chi connectivity index (χ1v) is 7.60. The molecule has 0 aromatic heterocycles. The molecule has 1 rings (SSSR count). The lowest BCUT2D eigenvalue weighted by molar-refractivity contribution is 0.256. The summed E-state index contributed by atoms with van der Waals surface area (Å²) in [4.78, 5) is 11.1. The van der Waals surface area contributed by atoms with Crippen LogP contribution in [0.4, 0.5) is 10.5 Å². The summed E-state index contributed by atoms with van der Waals surface area (Å²) < 4.78 is 10.8. The van der Waals surface area contributed by atoms with Crippen LogP contribution in [0.1, 0.15) is 0 Å². The van der Waals surface area contributed by atoms with Crippen LogP contribution in [0.2, 0.25) is 5.02 Å². The van der Waals surface area contributed by atoms with Crippen LogP contribution < -0.4 is 10.4 Å². The SMILES string of the molecule is O=C(Nc1ccc(Cl)cc1)NP(=O)(Cl)Cl. The van der Waals surface area contributed by atoms with Gasteiger partial charge in [-0.25, -0.2) is 4.79 Å². The molecule has 0 unspecified atom stereocenters. The van der Waals surface area contributed by atoms with E-state index in [0.717, 1.165) is 0 Å². The van der Waals surface area contributed by atoms with Crippen molar-refractivity contribution < 1.29 is 9.36 Å². The molecular formula is C7H6Cl3N2O2P. The lowest BCUT2D eigenvalue weighted by atomic mass is 10.3. The lowest BCUT2D eigenvalue weighted by Crippen LogP contribution is -2.23. The number of hydrogen-bond acceptors (Lipinski definition) is 2. The Labute approximate surface area is 101 Å². The Kier molecular flexibility index (Phi) is 4.29. The summed E-state index contributed by atoms with van der Waals surface area (Å²) in [7, 11) is 0. The second-order valence-electron chi connectivity index (χ2n) is 2.54. The first-order chi connectivity index (χ1) is 6.87. The Hall–Kier alpha value is -0.410. The smallest absolute Gasteiger partial charge is 0.308 e. The normalized spacial score (nSPS) is 10.9. The summed E-state index contributed by atoms with van der Waals surface area (Å²) in [6.45, 7) is 0. The summed E-state index contributed by atoms with van der Waals surface area (Å²) in [5.41, 5.74) is 0.485. The number of hydrogen-bond donors (Lipinski definition) is 2. The van der Waals surface area contributed by atoms with Gasteiger partial charge >= 0.3 is 12.0 Å². The average molecular weight is 287 g/mol. The molecular weight excluding hydrogens is 281 g/mol. The third-order valence-corrected chi connectivity index (χ3v) is 2.56. The van der Waals surface area contributed by atoms with Crippen LogP contribution in [0.15, 0.2) is 24.3 Å². The predicted octanol–water partition coefficient (Wildman–Crippen LogP) is 4.05. The van der Waals surface area contributed by atoms with Gasteiger partial charge in [0.1, 0.15) is 0 Å². The van der Waals surface area contributed by atoms with E-state index in [0.29, 0.717) is 10.7 Å². The highest BCUT2D eigenvalue weighted by Crippen LogP contribution is 2.51. The van der Waals surface area contributed by atoms with Crippen LogP contribution in [0.3, 0.4) is 0 Å². The van der Waals surface area contributed by atoms with Crippen molar-refractivity contribution >= 4 is 51.8 Å². The van der Waals surface area contributed by atoms with Gasteiger partial charge in [-0.2, -0.15) is 0 Å². The van der Waals surface area contributed by atoms with Crippen molar-refractivity contribution in [2.24, 2.45) is 0 Å².